The van der Waals surface area contributed by atoms with Gasteiger partial charge in [0, 0.05) is 19.5 Å². The molecule has 2 rings (SSSR count). The maximum atomic E-state index is 13.7. The van der Waals surface area contributed by atoms with Gasteiger partial charge in [-0.25, -0.2) is 4.39 Å². The molecule has 0 bridgehead atoms. The average Bonchev–Trinajstić information content (AvgIpc) is 2.78. The van der Waals surface area contributed by atoms with Crippen LogP contribution in [-0.4, -0.2) is 41.5 Å². The van der Waals surface area contributed by atoms with Gasteiger partial charge in [0.25, 0.3) is 0 Å². The molecular formula is C15H18ClFN2O3. The minimum Gasteiger partial charge on any atom is -0.394 e. The summed E-state index contributed by atoms with van der Waals surface area (Å²) in [5.74, 6) is -1.74. The van der Waals surface area contributed by atoms with Crippen LogP contribution in [0.5, 0.6) is 0 Å². The van der Waals surface area contributed by atoms with E-state index < -0.39 is 23.8 Å². The van der Waals surface area contributed by atoms with Crippen LogP contribution >= 0.6 is 11.6 Å². The fourth-order valence-electron chi connectivity index (χ4n) is 2.65. The number of nitrogens with one attached hydrogen (secondary N) is 1. The highest BCUT2D eigenvalue weighted by atomic mass is 35.5. The third-order valence-electron chi connectivity index (χ3n) is 3.87. The van der Waals surface area contributed by atoms with Crippen molar-refractivity contribution < 1.29 is 19.1 Å². The van der Waals surface area contributed by atoms with Crippen molar-refractivity contribution in [2.24, 2.45) is 5.92 Å². The number of hydrogen-bond acceptors (Lipinski definition) is 3. The molecule has 0 aliphatic carbocycles. The summed E-state index contributed by atoms with van der Waals surface area (Å²) in [6.45, 7) is 1.47. The summed E-state index contributed by atoms with van der Waals surface area (Å²) in [6.07, 6.45) is 0.0510. The number of aliphatic hydroxyl groups is 1. The van der Waals surface area contributed by atoms with Gasteiger partial charge in [0.2, 0.25) is 11.8 Å². The highest BCUT2D eigenvalue weighted by Crippen LogP contribution is 2.38. The Morgan fingerprint density at radius 3 is 2.86 bits per heavy atom. The van der Waals surface area contributed by atoms with E-state index in [2.05, 4.69) is 5.32 Å². The van der Waals surface area contributed by atoms with Crippen molar-refractivity contribution in [2.45, 2.75) is 25.4 Å². The van der Waals surface area contributed by atoms with E-state index in [4.69, 9.17) is 16.7 Å². The molecule has 1 saturated heterocycles. The van der Waals surface area contributed by atoms with Crippen molar-refractivity contribution in [2.75, 3.05) is 13.7 Å². The van der Waals surface area contributed by atoms with E-state index in [0.717, 1.165) is 0 Å². The fourth-order valence-corrected chi connectivity index (χ4v) is 2.77. The Hall–Kier alpha value is -1.66. The number of likely N-dealkylation sites (tertiary alicyclic amines) is 1. The molecule has 0 radical (unpaired) electrons. The van der Waals surface area contributed by atoms with Crippen LogP contribution < -0.4 is 5.32 Å². The van der Waals surface area contributed by atoms with Crippen LogP contribution in [0.4, 0.5) is 4.39 Å². The van der Waals surface area contributed by atoms with Gasteiger partial charge in [-0.2, -0.15) is 0 Å². The predicted molar refractivity (Wildman–Crippen MR) is 79.7 cm³/mol. The summed E-state index contributed by atoms with van der Waals surface area (Å²) >= 11 is 5.68. The minimum absolute atomic E-state index is 0.00868. The molecule has 3 atom stereocenters. The first-order chi connectivity index (χ1) is 10.3. The number of rotatable bonds is 4. The Morgan fingerprint density at radius 2 is 2.27 bits per heavy atom. The Morgan fingerprint density at radius 1 is 1.59 bits per heavy atom. The molecule has 2 N–H and O–H groups in total. The lowest BCUT2D eigenvalue weighted by molar-refractivity contribution is -0.128. The van der Waals surface area contributed by atoms with Gasteiger partial charge in [-0.1, -0.05) is 17.7 Å². The zero-order chi connectivity index (χ0) is 16.4. The average molecular weight is 329 g/mol. The second-order valence-electron chi connectivity index (χ2n) is 5.53. The zero-order valence-electron chi connectivity index (χ0n) is 12.3. The van der Waals surface area contributed by atoms with Crippen LogP contribution in [0.1, 0.15) is 24.9 Å². The molecule has 1 aromatic carbocycles. The number of carbonyl (C=O) groups is 2. The smallest absolute Gasteiger partial charge is 0.226 e. The van der Waals surface area contributed by atoms with Crippen LogP contribution in [0, 0.1) is 11.7 Å². The Balaban J connectivity index is 2.30. The van der Waals surface area contributed by atoms with E-state index in [1.165, 1.54) is 17.0 Å². The Kier molecular flexibility index (Phi) is 5.03. The lowest BCUT2D eigenvalue weighted by Gasteiger charge is -2.26. The normalized spacial score (nSPS) is 22.8. The zero-order valence-corrected chi connectivity index (χ0v) is 13.1. The molecule has 120 valence electrons. The van der Waals surface area contributed by atoms with E-state index in [1.54, 1.807) is 20.0 Å². The van der Waals surface area contributed by atoms with Gasteiger partial charge in [0.15, 0.2) is 0 Å². The number of amides is 2. The Labute approximate surface area is 133 Å². The highest BCUT2D eigenvalue weighted by Gasteiger charge is 2.43. The second-order valence-corrected chi connectivity index (χ2v) is 5.93. The summed E-state index contributed by atoms with van der Waals surface area (Å²) in [7, 11) is 1.59. The molecule has 1 fully saturated rings. The highest BCUT2D eigenvalue weighted by molar-refractivity contribution is 6.30. The monoisotopic (exact) mass is 328 g/mol. The fraction of sp³-hybridized carbons (Fsp3) is 0.467. The molecule has 0 aromatic heterocycles. The molecule has 1 aliphatic rings. The summed E-state index contributed by atoms with van der Waals surface area (Å²) in [5, 5.41) is 11.7. The van der Waals surface area contributed by atoms with Crippen LogP contribution in [0.2, 0.25) is 5.02 Å². The standard InChI is InChI=1S/C15H18ClFN2O3/c1-8(7-20)18-15(22)10-6-13(21)19(2)14(10)9-3-4-11(16)12(17)5-9/h3-5,8,10,14,20H,6-7H2,1-2H3,(H,18,22). The van der Waals surface area contributed by atoms with Crippen LogP contribution in [0.25, 0.3) is 0 Å². The SMILES string of the molecule is CC(CO)NC(=O)C1CC(=O)N(C)C1c1ccc(Cl)c(F)c1. The topological polar surface area (TPSA) is 69.6 Å². The van der Waals surface area contributed by atoms with Gasteiger partial charge in [-0.05, 0) is 24.6 Å². The third-order valence-corrected chi connectivity index (χ3v) is 4.18. The van der Waals surface area contributed by atoms with Crippen molar-refractivity contribution in [3.05, 3.63) is 34.6 Å². The number of halogens is 2. The van der Waals surface area contributed by atoms with Gasteiger partial charge in [-0.3, -0.25) is 9.59 Å². The van der Waals surface area contributed by atoms with Crippen molar-refractivity contribution in [1.82, 2.24) is 10.2 Å². The van der Waals surface area contributed by atoms with Crippen LogP contribution in [0.3, 0.4) is 0 Å². The van der Waals surface area contributed by atoms with Crippen molar-refractivity contribution in [3.63, 3.8) is 0 Å². The van der Waals surface area contributed by atoms with Crippen LogP contribution in [-0.2, 0) is 9.59 Å². The second kappa shape index (κ2) is 6.62. The van der Waals surface area contributed by atoms with E-state index >= 15 is 0 Å². The number of nitrogens with zero attached hydrogens (tertiary/aromatic N) is 1. The summed E-state index contributed by atoms with van der Waals surface area (Å²) in [6, 6.07) is 3.31. The first kappa shape index (κ1) is 16.7. The maximum absolute atomic E-state index is 13.7. The van der Waals surface area contributed by atoms with Crippen molar-refractivity contribution in [3.8, 4) is 0 Å². The molecular weight excluding hydrogens is 311 g/mol. The lowest BCUT2D eigenvalue weighted by atomic mass is 9.92. The number of hydrogen-bond donors (Lipinski definition) is 2. The van der Waals surface area contributed by atoms with Crippen molar-refractivity contribution in [1.29, 1.82) is 0 Å². The summed E-state index contributed by atoms with van der Waals surface area (Å²) in [5.41, 5.74) is 0.520. The van der Waals surface area contributed by atoms with Crippen molar-refractivity contribution >= 4 is 23.4 Å². The molecule has 2 amide bonds. The molecule has 22 heavy (non-hydrogen) atoms. The Bertz CT molecular complexity index is 596. The van der Waals surface area contributed by atoms with Gasteiger partial charge in [0.1, 0.15) is 5.82 Å². The molecule has 7 heteroatoms. The summed E-state index contributed by atoms with van der Waals surface area (Å²) < 4.78 is 13.7. The first-order valence-electron chi connectivity index (χ1n) is 6.97. The van der Waals surface area contributed by atoms with Gasteiger partial charge in [-0.15, -0.1) is 0 Å². The number of benzene rings is 1. The third kappa shape index (κ3) is 3.23. The lowest BCUT2D eigenvalue weighted by Crippen LogP contribution is -2.40. The number of aliphatic hydroxyl groups excluding tert-OH is 1. The number of carbonyl (C=O) groups excluding carboxylic acids is 2. The molecule has 3 unspecified atom stereocenters. The van der Waals surface area contributed by atoms with Gasteiger partial charge in [0.05, 0.1) is 23.6 Å². The molecule has 1 aromatic rings. The molecule has 0 saturated carbocycles. The molecule has 5 nitrogen and oxygen atoms in total. The minimum atomic E-state index is -0.632. The molecule has 0 spiro atoms. The van der Waals surface area contributed by atoms with E-state index in [0.29, 0.717) is 5.56 Å². The largest absolute Gasteiger partial charge is 0.394 e. The van der Waals surface area contributed by atoms with E-state index in [-0.39, 0.29) is 29.9 Å². The van der Waals surface area contributed by atoms with E-state index in [9.17, 15) is 14.0 Å². The molecule has 1 heterocycles. The first-order valence-corrected chi connectivity index (χ1v) is 7.34. The van der Waals surface area contributed by atoms with Crippen LogP contribution in [0.15, 0.2) is 18.2 Å². The van der Waals surface area contributed by atoms with Gasteiger partial charge >= 0.3 is 0 Å². The maximum Gasteiger partial charge on any atom is 0.226 e. The predicted octanol–water partition coefficient (Wildman–Crippen LogP) is 1.50. The van der Waals surface area contributed by atoms with Gasteiger partial charge < -0.3 is 15.3 Å². The molecule has 1 aliphatic heterocycles. The quantitative estimate of drug-likeness (QED) is 0.880. The van der Waals surface area contributed by atoms with E-state index in [1.807, 2.05) is 0 Å². The summed E-state index contributed by atoms with van der Waals surface area (Å²) in [4.78, 5) is 25.7.